The van der Waals surface area contributed by atoms with Crippen molar-refractivity contribution in [2.75, 3.05) is 10.6 Å². The van der Waals surface area contributed by atoms with Crippen molar-refractivity contribution in [2.45, 2.75) is 27.7 Å². The summed E-state index contributed by atoms with van der Waals surface area (Å²) in [6.45, 7) is 7.88. The third kappa shape index (κ3) is 4.20. The third-order valence-corrected chi connectivity index (χ3v) is 4.12. The Hall–Kier alpha value is -3.48. The maximum atomic E-state index is 11.7. The van der Waals surface area contributed by atoms with E-state index in [1.54, 1.807) is 0 Å². The monoisotopic (exact) mass is 363 g/mol. The fourth-order valence-corrected chi connectivity index (χ4v) is 3.00. The van der Waals surface area contributed by atoms with Gasteiger partial charge in [-0.1, -0.05) is 23.8 Å². The van der Waals surface area contributed by atoms with Gasteiger partial charge in [0.05, 0.1) is 4.92 Å². The smallest absolute Gasteiger partial charge is 0.334 e. The molecular weight excluding hydrogens is 342 g/mol. The van der Waals surface area contributed by atoms with Crippen LogP contribution in [0.5, 0.6) is 0 Å². The standard InChI is InChI=1S/C20H21N5O2/c1-12-5-6-17(15(4)8-12)24-20-18(25(26)27)19(21-11-22-20)23-16-9-13(2)7-14(3)10-16/h5-11H,1-4H3,(H2,21,22,23,24). The van der Waals surface area contributed by atoms with Crippen LogP contribution in [0, 0.1) is 37.8 Å². The molecule has 1 aromatic heterocycles. The van der Waals surface area contributed by atoms with Crippen molar-refractivity contribution < 1.29 is 4.92 Å². The number of hydrogen-bond acceptors (Lipinski definition) is 6. The van der Waals surface area contributed by atoms with Crippen LogP contribution in [0.3, 0.4) is 0 Å². The van der Waals surface area contributed by atoms with Crippen LogP contribution in [0.4, 0.5) is 28.7 Å². The van der Waals surface area contributed by atoms with Crippen molar-refractivity contribution >= 4 is 28.7 Å². The van der Waals surface area contributed by atoms with Gasteiger partial charge in [0.25, 0.3) is 0 Å². The zero-order chi connectivity index (χ0) is 19.6. The molecule has 2 aromatic carbocycles. The number of anilines is 4. The SMILES string of the molecule is Cc1cc(C)cc(Nc2ncnc(Nc3ccc(C)cc3C)c2[N+](=O)[O-])c1. The van der Waals surface area contributed by atoms with Crippen LogP contribution in [-0.2, 0) is 0 Å². The van der Waals surface area contributed by atoms with Crippen LogP contribution in [0.1, 0.15) is 22.3 Å². The highest BCUT2D eigenvalue weighted by molar-refractivity contribution is 5.77. The number of aromatic nitrogens is 2. The van der Waals surface area contributed by atoms with Gasteiger partial charge in [0.1, 0.15) is 6.33 Å². The summed E-state index contributed by atoms with van der Waals surface area (Å²) in [6, 6.07) is 11.7. The average Bonchev–Trinajstić information content (AvgIpc) is 2.56. The van der Waals surface area contributed by atoms with Crippen LogP contribution in [-0.4, -0.2) is 14.9 Å². The molecule has 3 aromatic rings. The molecule has 0 amide bonds. The number of rotatable bonds is 5. The maximum Gasteiger partial charge on any atom is 0.353 e. The molecule has 0 radical (unpaired) electrons. The van der Waals surface area contributed by atoms with E-state index in [9.17, 15) is 10.1 Å². The Morgan fingerprint density at radius 1 is 0.852 bits per heavy atom. The number of benzene rings is 2. The van der Waals surface area contributed by atoms with E-state index in [1.807, 2.05) is 64.1 Å². The molecule has 2 N–H and O–H groups in total. The lowest BCUT2D eigenvalue weighted by molar-refractivity contribution is -0.383. The van der Waals surface area contributed by atoms with Gasteiger partial charge in [-0.25, -0.2) is 9.97 Å². The lowest BCUT2D eigenvalue weighted by atomic mass is 10.1. The van der Waals surface area contributed by atoms with E-state index in [4.69, 9.17) is 0 Å². The largest absolute Gasteiger partial charge is 0.353 e. The Morgan fingerprint density at radius 2 is 1.48 bits per heavy atom. The van der Waals surface area contributed by atoms with Crippen molar-refractivity contribution in [3.8, 4) is 0 Å². The lowest BCUT2D eigenvalue weighted by Crippen LogP contribution is -2.06. The molecule has 0 atom stereocenters. The van der Waals surface area contributed by atoms with Crippen molar-refractivity contribution in [3.63, 3.8) is 0 Å². The first-order valence-corrected chi connectivity index (χ1v) is 8.52. The minimum absolute atomic E-state index is 0.146. The Morgan fingerprint density at radius 3 is 2.07 bits per heavy atom. The zero-order valence-corrected chi connectivity index (χ0v) is 15.7. The topological polar surface area (TPSA) is 93.0 Å². The summed E-state index contributed by atoms with van der Waals surface area (Å²) >= 11 is 0. The molecule has 0 spiro atoms. The molecule has 27 heavy (non-hydrogen) atoms. The number of nitro groups is 1. The Labute approximate surface area is 157 Å². The van der Waals surface area contributed by atoms with Crippen molar-refractivity contribution in [1.82, 2.24) is 9.97 Å². The molecule has 0 fully saturated rings. The van der Waals surface area contributed by atoms with Gasteiger partial charge in [0.2, 0.25) is 11.6 Å². The molecule has 3 rings (SSSR count). The van der Waals surface area contributed by atoms with Gasteiger partial charge in [-0.3, -0.25) is 10.1 Å². The average molecular weight is 363 g/mol. The molecule has 0 saturated carbocycles. The summed E-state index contributed by atoms with van der Waals surface area (Å²) in [4.78, 5) is 19.4. The van der Waals surface area contributed by atoms with Gasteiger partial charge in [-0.05, 0) is 62.6 Å². The predicted octanol–water partition coefficient (Wildman–Crippen LogP) is 5.11. The Kier molecular flexibility index (Phi) is 5.03. The van der Waals surface area contributed by atoms with Crippen LogP contribution in [0.25, 0.3) is 0 Å². The minimum Gasteiger partial charge on any atom is -0.334 e. The second-order valence-electron chi connectivity index (χ2n) is 6.62. The summed E-state index contributed by atoms with van der Waals surface area (Å²) in [5.74, 6) is 0.293. The molecule has 138 valence electrons. The van der Waals surface area contributed by atoms with E-state index in [-0.39, 0.29) is 17.3 Å². The van der Waals surface area contributed by atoms with Gasteiger partial charge >= 0.3 is 5.69 Å². The second kappa shape index (κ2) is 7.41. The normalized spacial score (nSPS) is 10.5. The van der Waals surface area contributed by atoms with E-state index in [0.717, 1.165) is 33.6 Å². The highest BCUT2D eigenvalue weighted by Crippen LogP contribution is 2.34. The predicted molar refractivity (Wildman–Crippen MR) is 107 cm³/mol. The number of nitrogens with one attached hydrogen (secondary N) is 2. The van der Waals surface area contributed by atoms with Crippen LogP contribution in [0.2, 0.25) is 0 Å². The number of aryl methyl sites for hydroxylation is 4. The van der Waals surface area contributed by atoms with Gasteiger partial charge in [0, 0.05) is 11.4 Å². The van der Waals surface area contributed by atoms with E-state index in [2.05, 4.69) is 20.6 Å². The highest BCUT2D eigenvalue weighted by atomic mass is 16.6. The third-order valence-electron chi connectivity index (χ3n) is 4.12. The first kappa shape index (κ1) is 18.3. The zero-order valence-electron chi connectivity index (χ0n) is 15.7. The molecule has 0 aliphatic carbocycles. The van der Waals surface area contributed by atoms with Crippen LogP contribution in [0.15, 0.2) is 42.7 Å². The molecule has 0 saturated heterocycles. The Balaban J connectivity index is 2.00. The minimum atomic E-state index is -0.475. The summed E-state index contributed by atoms with van der Waals surface area (Å²) < 4.78 is 0. The summed E-state index contributed by atoms with van der Waals surface area (Å²) in [6.07, 6.45) is 1.31. The van der Waals surface area contributed by atoms with Gasteiger partial charge in [-0.15, -0.1) is 0 Å². The number of nitrogens with zero attached hydrogens (tertiary/aromatic N) is 3. The van der Waals surface area contributed by atoms with E-state index in [0.29, 0.717) is 0 Å². The van der Waals surface area contributed by atoms with E-state index in [1.165, 1.54) is 6.33 Å². The van der Waals surface area contributed by atoms with Gasteiger partial charge < -0.3 is 10.6 Å². The summed E-state index contributed by atoms with van der Waals surface area (Å²) in [7, 11) is 0. The molecule has 0 bridgehead atoms. The molecule has 0 aliphatic heterocycles. The number of hydrogen-bond donors (Lipinski definition) is 2. The fraction of sp³-hybridized carbons (Fsp3) is 0.200. The summed E-state index contributed by atoms with van der Waals surface area (Å²) in [5, 5.41) is 17.9. The molecule has 7 nitrogen and oxygen atoms in total. The molecule has 1 heterocycles. The lowest BCUT2D eigenvalue weighted by Gasteiger charge is -2.12. The van der Waals surface area contributed by atoms with Crippen molar-refractivity contribution in [2.24, 2.45) is 0 Å². The molecule has 7 heteroatoms. The van der Waals surface area contributed by atoms with E-state index < -0.39 is 4.92 Å². The first-order valence-electron chi connectivity index (χ1n) is 8.52. The second-order valence-corrected chi connectivity index (χ2v) is 6.62. The Bertz CT molecular complexity index is 997. The van der Waals surface area contributed by atoms with Crippen LogP contribution >= 0.6 is 0 Å². The maximum absolute atomic E-state index is 11.7. The summed E-state index contributed by atoms with van der Waals surface area (Å²) in [5.41, 5.74) is 5.52. The van der Waals surface area contributed by atoms with Crippen LogP contribution < -0.4 is 10.6 Å². The highest BCUT2D eigenvalue weighted by Gasteiger charge is 2.23. The molecule has 0 unspecified atom stereocenters. The molecular formula is C20H21N5O2. The van der Waals surface area contributed by atoms with E-state index >= 15 is 0 Å². The van der Waals surface area contributed by atoms with Crippen molar-refractivity contribution in [3.05, 3.63) is 75.1 Å². The fourth-order valence-electron chi connectivity index (χ4n) is 3.00. The first-order chi connectivity index (χ1) is 12.8. The van der Waals surface area contributed by atoms with Gasteiger partial charge in [0.15, 0.2) is 0 Å². The quantitative estimate of drug-likeness (QED) is 0.483. The molecule has 0 aliphatic rings. The van der Waals surface area contributed by atoms with Crippen molar-refractivity contribution in [1.29, 1.82) is 0 Å². The van der Waals surface area contributed by atoms with Gasteiger partial charge in [-0.2, -0.15) is 0 Å².